The molecule has 0 bridgehead atoms. The van der Waals surface area contributed by atoms with Gasteiger partial charge in [-0.2, -0.15) is 0 Å². The average Bonchev–Trinajstić information content (AvgIpc) is 2.30. The van der Waals surface area contributed by atoms with Crippen LogP contribution in [0.5, 0.6) is 0 Å². The molecule has 1 fully saturated rings. The van der Waals surface area contributed by atoms with Crippen LogP contribution in [0.25, 0.3) is 0 Å². The maximum Gasteiger partial charge on any atom is 0.158 e. The summed E-state index contributed by atoms with van der Waals surface area (Å²) >= 11 is 0. The van der Waals surface area contributed by atoms with Gasteiger partial charge in [0.15, 0.2) is 5.78 Å². The summed E-state index contributed by atoms with van der Waals surface area (Å²) in [4.78, 5) is 11.6. The first-order chi connectivity index (χ1) is 8.50. The van der Waals surface area contributed by atoms with Gasteiger partial charge in [-0.1, -0.05) is 47.0 Å². The summed E-state index contributed by atoms with van der Waals surface area (Å²) in [6, 6.07) is 0. The van der Waals surface area contributed by atoms with Crippen molar-refractivity contribution >= 4 is 5.78 Å². The molecule has 0 spiro atoms. The Labute approximate surface area is 112 Å². The molecule has 2 atom stereocenters. The lowest BCUT2D eigenvalue weighted by molar-refractivity contribution is -0.125. The molecule has 18 heavy (non-hydrogen) atoms. The predicted molar refractivity (Wildman–Crippen MR) is 75.6 cm³/mol. The maximum absolute atomic E-state index is 11.6. The number of ether oxygens (including phenoxy) is 1. The topological polar surface area (TPSA) is 26.3 Å². The van der Waals surface area contributed by atoms with E-state index >= 15 is 0 Å². The third-order valence-corrected chi connectivity index (χ3v) is 4.35. The third-order valence-electron chi connectivity index (χ3n) is 4.35. The fourth-order valence-electron chi connectivity index (χ4n) is 2.91. The molecule has 0 radical (unpaired) electrons. The van der Waals surface area contributed by atoms with Crippen molar-refractivity contribution in [1.29, 1.82) is 0 Å². The van der Waals surface area contributed by atoms with E-state index in [-0.39, 0.29) is 5.78 Å². The van der Waals surface area contributed by atoms with E-state index in [0.717, 1.165) is 24.9 Å². The van der Waals surface area contributed by atoms with Crippen LogP contribution in [0.1, 0.15) is 59.8 Å². The molecule has 0 aliphatic heterocycles. The molecule has 0 saturated heterocycles. The van der Waals surface area contributed by atoms with Crippen LogP contribution < -0.4 is 0 Å². The second-order valence-electron chi connectivity index (χ2n) is 6.54. The molecule has 0 aromatic heterocycles. The van der Waals surface area contributed by atoms with Crippen LogP contribution in [0, 0.1) is 23.7 Å². The van der Waals surface area contributed by atoms with E-state index in [2.05, 4.69) is 27.7 Å². The van der Waals surface area contributed by atoms with Gasteiger partial charge in [-0.3, -0.25) is 4.79 Å². The molecular formula is C16H30O2. The van der Waals surface area contributed by atoms with E-state index < -0.39 is 0 Å². The number of ketones is 1. The fraction of sp³-hybridized carbons (Fsp3) is 0.938. The molecule has 0 N–H and O–H groups in total. The van der Waals surface area contributed by atoms with Gasteiger partial charge in [-0.25, -0.2) is 0 Å². The summed E-state index contributed by atoms with van der Waals surface area (Å²) < 4.78 is 5.66. The zero-order valence-electron chi connectivity index (χ0n) is 12.6. The molecular weight excluding hydrogens is 224 g/mol. The van der Waals surface area contributed by atoms with Crippen LogP contribution in [0.15, 0.2) is 0 Å². The highest BCUT2D eigenvalue weighted by atomic mass is 16.5. The van der Waals surface area contributed by atoms with Crippen molar-refractivity contribution in [3.63, 3.8) is 0 Å². The van der Waals surface area contributed by atoms with Crippen LogP contribution in [-0.2, 0) is 9.53 Å². The molecule has 0 aromatic carbocycles. The number of carbonyl (C=O) groups excluding carboxylic acids is 1. The van der Waals surface area contributed by atoms with Gasteiger partial charge in [0.25, 0.3) is 0 Å². The highest BCUT2D eigenvalue weighted by molar-refractivity contribution is 5.79. The Balaban J connectivity index is 2.18. The molecule has 2 unspecified atom stereocenters. The van der Waals surface area contributed by atoms with Crippen LogP contribution in [0.2, 0.25) is 0 Å². The predicted octanol–water partition coefficient (Wildman–Crippen LogP) is 4.08. The van der Waals surface area contributed by atoms with Gasteiger partial charge < -0.3 is 4.74 Å². The van der Waals surface area contributed by atoms with Crippen LogP contribution in [-0.4, -0.2) is 19.0 Å². The lowest BCUT2D eigenvalue weighted by atomic mass is 9.74. The van der Waals surface area contributed by atoms with Gasteiger partial charge >= 0.3 is 0 Å². The maximum atomic E-state index is 11.6. The standard InChI is InChI=1S/C16H30O2/c1-12(2)8-9-15(17)10-18-11-16-13(3)6-5-7-14(16)4/h12-14,16H,5-11H2,1-4H3. The lowest BCUT2D eigenvalue weighted by Crippen LogP contribution is -2.29. The zero-order chi connectivity index (χ0) is 13.5. The van der Waals surface area contributed by atoms with Crippen LogP contribution in [0.4, 0.5) is 0 Å². The van der Waals surface area contributed by atoms with E-state index in [1.54, 1.807) is 0 Å². The monoisotopic (exact) mass is 254 g/mol. The van der Waals surface area contributed by atoms with Gasteiger partial charge in [0.1, 0.15) is 6.61 Å². The molecule has 1 aliphatic carbocycles. The summed E-state index contributed by atoms with van der Waals surface area (Å²) in [7, 11) is 0. The number of hydrogen-bond donors (Lipinski definition) is 0. The first-order valence-electron chi connectivity index (χ1n) is 7.60. The first-order valence-corrected chi connectivity index (χ1v) is 7.60. The van der Waals surface area contributed by atoms with Crippen molar-refractivity contribution in [2.75, 3.05) is 13.2 Å². The molecule has 2 nitrogen and oxygen atoms in total. The van der Waals surface area contributed by atoms with Gasteiger partial charge in [0, 0.05) is 6.42 Å². The summed E-state index contributed by atoms with van der Waals surface area (Å²) in [5, 5.41) is 0. The van der Waals surface area contributed by atoms with E-state index in [0.29, 0.717) is 24.9 Å². The Bertz CT molecular complexity index is 237. The van der Waals surface area contributed by atoms with Gasteiger partial charge in [0.05, 0.1) is 6.61 Å². The Morgan fingerprint density at radius 1 is 1.22 bits per heavy atom. The normalized spacial score (nSPS) is 28.6. The molecule has 0 heterocycles. The van der Waals surface area contributed by atoms with E-state index in [1.807, 2.05) is 0 Å². The highest BCUT2D eigenvalue weighted by Gasteiger charge is 2.27. The molecule has 0 amide bonds. The van der Waals surface area contributed by atoms with Crippen molar-refractivity contribution in [3.8, 4) is 0 Å². The number of rotatable bonds is 7. The number of Topliss-reactive ketones (excluding diaryl/α,β-unsaturated/α-hetero) is 1. The SMILES string of the molecule is CC(C)CCC(=O)COCC1C(C)CCCC1C. The van der Waals surface area contributed by atoms with Gasteiger partial charge in [-0.15, -0.1) is 0 Å². The number of carbonyl (C=O) groups is 1. The Kier molecular flexibility index (Phi) is 6.91. The minimum Gasteiger partial charge on any atom is -0.373 e. The fourth-order valence-corrected chi connectivity index (χ4v) is 2.91. The second kappa shape index (κ2) is 7.93. The Morgan fingerprint density at radius 2 is 1.83 bits per heavy atom. The van der Waals surface area contributed by atoms with Gasteiger partial charge in [0.2, 0.25) is 0 Å². The smallest absolute Gasteiger partial charge is 0.158 e. The molecule has 1 rings (SSSR count). The first kappa shape index (κ1) is 15.7. The van der Waals surface area contributed by atoms with Crippen molar-refractivity contribution in [2.45, 2.75) is 59.8 Å². The quantitative estimate of drug-likeness (QED) is 0.684. The van der Waals surface area contributed by atoms with E-state index in [4.69, 9.17) is 4.74 Å². The lowest BCUT2D eigenvalue weighted by Gasteiger charge is -2.34. The summed E-state index contributed by atoms with van der Waals surface area (Å²) in [6.07, 6.45) is 5.65. The third kappa shape index (κ3) is 5.51. The molecule has 106 valence electrons. The molecule has 1 saturated carbocycles. The average molecular weight is 254 g/mol. The highest BCUT2D eigenvalue weighted by Crippen LogP contribution is 2.34. The van der Waals surface area contributed by atoms with Crippen molar-refractivity contribution < 1.29 is 9.53 Å². The van der Waals surface area contributed by atoms with Crippen molar-refractivity contribution in [1.82, 2.24) is 0 Å². The summed E-state index contributed by atoms with van der Waals surface area (Å²) in [5.74, 6) is 3.02. The zero-order valence-corrected chi connectivity index (χ0v) is 12.6. The summed E-state index contributed by atoms with van der Waals surface area (Å²) in [5.41, 5.74) is 0. The largest absolute Gasteiger partial charge is 0.373 e. The number of hydrogen-bond acceptors (Lipinski definition) is 2. The van der Waals surface area contributed by atoms with Crippen molar-refractivity contribution in [2.24, 2.45) is 23.7 Å². The molecule has 0 aromatic rings. The van der Waals surface area contributed by atoms with Crippen LogP contribution in [0.3, 0.4) is 0 Å². The minimum atomic E-state index is 0.264. The van der Waals surface area contributed by atoms with Crippen molar-refractivity contribution in [3.05, 3.63) is 0 Å². The van der Waals surface area contributed by atoms with E-state index in [9.17, 15) is 4.79 Å². The summed E-state index contributed by atoms with van der Waals surface area (Å²) in [6.45, 7) is 10.0. The minimum absolute atomic E-state index is 0.264. The second-order valence-corrected chi connectivity index (χ2v) is 6.54. The molecule has 2 heteroatoms. The van der Waals surface area contributed by atoms with E-state index in [1.165, 1.54) is 19.3 Å². The Hall–Kier alpha value is -0.370. The van der Waals surface area contributed by atoms with Crippen LogP contribution >= 0.6 is 0 Å². The molecule has 1 aliphatic rings. The Morgan fingerprint density at radius 3 is 2.39 bits per heavy atom. The van der Waals surface area contributed by atoms with Gasteiger partial charge in [-0.05, 0) is 30.1 Å².